The molecule has 1 aliphatic heterocycles. The van der Waals surface area contributed by atoms with E-state index in [1.54, 1.807) is 0 Å². The standard InChI is InChI=1S/C18H24N4O4S/c1-14-16(17(23)20(3)18(24)19(14)2)27(25,26)22-11-9-21(10-12-22)13-15-7-5-4-6-8-15/h4-8H,9-13H2,1-3H3. The van der Waals surface area contributed by atoms with Crippen molar-refractivity contribution in [3.8, 4) is 0 Å². The molecular formula is C18H24N4O4S. The van der Waals surface area contributed by atoms with Gasteiger partial charge in [0.2, 0.25) is 10.0 Å². The molecule has 9 heteroatoms. The van der Waals surface area contributed by atoms with E-state index in [2.05, 4.69) is 4.90 Å². The zero-order valence-corrected chi connectivity index (χ0v) is 16.6. The number of hydrogen-bond donors (Lipinski definition) is 0. The number of nitrogens with zero attached hydrogens (tertiary/aromatic N) is 4. The van der Waals surface area contributed by atoms with Crippen molar-refractivity contribution < 1.29 is 8.42 Å². The number of aromatic nitrogens is 2. The second kappa shape index (κ2) is 7.41. The summed E-state index contributed by atoms with van der Waals surface area (Å²) in [4.78, 5) is 26.4. The maximum atomic E-state index is 13.1. The van der Waals surface area contributed by atoms with Crippen LogP contribution in [0.1, 0.15) is 11.3 Å². The van der Waals surface area contributed by atoms with Crippen LogP contribution in [0.4, 0.5) is 0 Å². The lowest BCUT2D eigenvalue weighted by atomic mass is 10.2. The van der Waals surface area contributed by atoms with Gasteiger partial charge in [-0.25, -0.2) is 13.2 Å². The Hall–Kier alpha value is -2.23. The van der Waals surface area contributed by atoms with Crippen molar-refractivity contribution in [3.63, 3.8) is 0 Å². The van der Waals surface area contributed by atoms with E-state index in [0.29, 0.717) is 26.2 Å². The molecule has 0 saturated carbocycles. The Morgan fingerprint density at radius 2 is 1.52 bits per heavy atom. The molecule has 146 valence electrons. The molecule has 2 heterocycles. The predicted molar refractivity (Wildman–Crippen MR) is 102 cm³/mol. The molecule has 27 heavy (non-hydrogen) atoms. The lowest BCUT2D eigenvalue weighted by molar-refractivity contribution is 0.181. The van der Waals surface area contributed by atoms with Crippen LogP contribution in [0, 0.1) is 6.92 Å². The minimum atomic E-state index is -3.97. The summed E-state index contributed by atoms with van der Waals surface area (Å²) in [6.45, 7) is 4.02. The first kappa shape index (κ1) is 19.5. The van der Waals surface area contributed by atoms with Crippen LogP contribution in [0.5, 0.6) is 0 Å². The average Bonchev–Trinajstić information content (AvgIpc) is 2.66. The Kier molecular flexibility index (Phi) is 5.36. The molecule has 1 fully saturated rings. The molecular weight excluding hydrogens is 368 g/mol. The highest BCUT2D eigenvalue weighted by Crippen LogP contribution is 2.18. The van der Waals surface area contributed by atoms with E-state index < -0.39 is 21.3 Å². The van der Waals surface area contributed by atoms with E-state index in [4.69, 9.17) is 0 Å². The van der Waals surface area contributed by atoms with Crippen LogP contribution < -0.4 is 11.2 Å². The summed E-state index contributed by atoms with van der Waals surface area (Å²) in [5, 5.41) is 0. The average molecular weight is 392 g/mol. The molecule has 3 rings (SSSR count). The van der Waals surface area contributed by atoms with Crippen molar-refractivity contribution in [2.75, 3.05) is 26.2 Å². The number of sulfonamides is 1. The smallest absolute Gasteiger partial charge is 0.300 e. The fourth-order valence-electron chi connectivity index (χ4n) is 3.31. The molecule has 0 radical (unpaired) electrons. The van der Waals surface area contributed by atoms with Gasteiger partial charge in [0.05, 0.1) is 0 Å². The molecule has 0 amide bonds. The topological polar surface area (TPSA) is 84.6 Å². The van der Waals surface area contributed by atoms with Gasteiger partial charge in [0.15, 0.2) is 4.90 Å². The van der Waals surface area contributed by atoms with E-state index in [9.17, 15) is 18.0 Å². The Balaban J connectivity index is 1.82. The second-order valence-electron chi connectivity index (χ2n) is 6.79. The summed E-state index contributed by atoms with van der Waals surface area (Å²) >= 11 is 0. The first-order chi connectivity index (χ1) is 12.7. The first-order valence-corrected chi connectivity index (χ1v) is 10.2. The van der Waals surface area contributed by atoms with E-state index in [-0.39, 0.29) is 10.6 Å². The molecule has 0 spiro atoms. The van der Waals surface area contributed by atoms with Crippen LogP contribution >= 0.6 is 0 Å². The Morgan fingerprint density at radius 1 is 0.926 bits per heavy atom. The zero-order valence-electron chi connectivity index (χ0n) is 15.8. The maximum Gasteiger partial charge on any atom is 0.330 e. The molecule has 2 aromatic rings. The van der Waals surface area contributed by atoms with Gasteiger partial charge in [-0.15, -0.1) is 0 Å². The molecule has 1 aliphatic rings. The minimum Gasteiger partial charge on any atom is -0.300 e. The van der Waals surface area contributed by atoms with Gasteiger partial charge in [-0.2, -0.15) is 4.31 Å². The molecule has 0 aliphatic carbocycles. The third-order valence-corrected chi connectivity index (χ3v) is 7.11. The Labute approximate surface area is 158 Å². The van der Waals surface area contributed by atoms with Crippen LogP contribution in [-0.4, -0.2) is 52.9 Å². The van der Waals surface area contributed by atoms with Crippen molar-refractivity contribution >= 4 is 10.0 Å². The fourth-order valence-corrected chi connectivity index (χ4v) is 5.08. The molecule has 0 atom stereocenters. The monoisotopic (exact) mass is 392 g/mol. The lowest BCUT2D eigenvalue weighted by Crippen LogP contribution is -2.50. The molecule has 8 nitrogen and oxygen atoms in total. The van der Waals surface area contributed by atoms with Crippen molar-refractivity contribution in [1.82, 2.24) is 18.3 Å². The van der Waals surface area contributed by atoms with Crippen LogP contribution in [0.2, 0.25) is 0 Å². The maximum absolute atomic E-state index is 13.1. The van der Waals surface area contributed by atoms with Crippen LogP contribution in [0.3, 0.4) is 0 Å². The Morgan fingerprint density at radius 3 is 2.11 bits per heavy atom. The van der Waals surface area contributed by atoms with Gasteiger partial charge in [-0.1, -0.05) is 30.3 Å². The third kappa shape index (κ3) is 3.62. The molecule has 1 saturated heterocycles. The van der Waals surface area contributed by atoms with E-state index in [1.165, 1.54) is 35.5 Å². The van der Waals surface area contributed by atoms with E-state index in [0.717, 1.165) is 11.1 Å². The number of piperazine rings is 1. The highest BCUT2D eigenvalue weighted by molar-refractivity contribution is 7.89. The second-order valence-corrected chi connectivity index (χ2v) is 8.66. The largest absolute Gasteiger partial charge is 0.330 e. The fraction of sp³-hybridized carbons (Fsp3) is 0.444. The molecule has 1 aromatic heterocycles. The highest BCUT2D eigenvalue weighted by atomic mass is 32.2. The third-order valence-electron chi connectivity index (χ3n) is 5.08. The number of benzene rings is 1. The molecule has 0 N–H and O–H groups in total. The molecule has 0 unspecified atom stereocenters. The van der Waals surface area contributed by atoms with Crippen LogP contribution in [0.15, 0.2) is 44.8 Å². The number of hydrogen-bond acceptors (Lipinski definition) is 5. The van der Waals surface area contributed by atoms with Crippen LogP contribution in [-0.2, 0) is 30.7 Å². The summed E-state index contributed by atoms with van der Waals surface area (Å²) in [5.41, 5.74) is 0.0258. The van der Waals surface area contributed by atoms with Gasteiger partial charge in [0.25, 0.3) is 5.56 Å². The van der Waals surface area contributed by atoms with E-state index in [1.807, 2.05) is 30.3 Å². The predicted octanol–water partition coefficient (Wildman–Crippen LogP) is -0.101. The van der Waals surface area contributed by atoms with Crippen molar-refractivity contribution in [2.45, 2.75) is 18.4 Å². The Bertz CT molecular complexity index is 1050. The first-order valence-electron chi connectivity index (χ1n) is 8.76. The highest BCUT2D eigenvalue weighted by Gasteiger charge is 2.33. The van der Waals surface area contributed by atoms with Gasteiger partial charge in [-0.3, -0.25) is 18.8 Å². The van der Waals surface area contributed by atoms with Gasteiger partial charge < -0.3 is 0 Å². The lowest BCUT2D eigenvalue weighted by Gasteiger charge is -2.34. The normalized spacial score (nSPS) is 16.6. The summed E-state index contributed by atoms with van der Waals surface area (Å²) in [6.07, 6.45) is 0. The van der Waals surface area contributed by atoms with Crippen molar-refractivity contribution in [2.24, 2.45) is 14.1 Å². The van der Waals surface area contributed by atoms with E-state index >= 15 is 0 Å². The summed E-state index contributed by atoms with van der Waals surface area (Å²) < 4.78 is 29.5. The van der Waals surface area contributed by atoms with Gasteiger partial charge in [0, 0.05) is 52.5 Å². The quantitative estimate of drug-likeness (QED) is 0.725. The zero-order chi connectivity index (χ0) is 19.8. The summed E-state index contributed by atoms with van der Waals surface area (Å²) in [7, 11) is -1.21. The van der Waals surface area contributed by atoms with Gasteiger partial charge in [0.1, 0.15) is 0 Å². The van der Waals surface area contributed by atoms with Gasteiger partial charge in [-0.05, 0) is 12.5 Å². The van der Waals surface area contributed by atoms with Gasteiger partial charge >= 0.3 is 5.69 Å². The molecule has 0 bridgehead atoms. The van der Waals surface area contributed by atoms with Crippen molar-refractivity contribution in [3.05, 3.63) is 62.4 Å². The minimum absolute atomic E-state index is 0.162. The SMILES string of the molecule is Cc1c(S(=O)(=O)N2CCN(Cc3ccccc3)CC2)c(=O)n(C)c(=O)n1C. The van der Waals surface area contributed by atoms with Crippen LogP contribution in [0.25, 0.3) is 0 Å². The number of rotatable bonds is 4. The van der Waals surface area contributed by atoms with Crippen molar-refractivity contribution in [1.29, 1.82) is 0 Å². The summed E-state index contributed by atoms with van der Waals surface area (Å²) in [5.74, 6) is 0. The molecule has 1 aromatic carbocycles. The summed E-state index contributed by atoms with van der Waals surface area (Å²) in [6, 6.07) is 10.0.